The first-order valence-electron chi connectivity index (χ1n) is 10.1. The lowest BCUT2D eigenvalue weighted by atomic mass is 10.1. The smallest absolute Gasteiger partial charge is 0.196 e. The molecule has 3 aromatic rings. The van der Waals surface area contributed by atoms with Gasteiger partial charge in [-0.25, -0.2) is 0 Å². The van der Waals surface area contributed by atoms with Gasteiger partial charge in [0.1, 0.15) is 5.75 Å². The monoisotopic (exact) mass is 458 g/mol. The first-order valence-corrected chi connectivity index (χ1v) is 11.4. The molecule has 0 fully saturated rings. The lowest BCUT2D eigenvalue weighted by Crippen LogP contribution is -2.20. The number of hydrogen-bond donors (Lipinski definition) is 0. The molecule has 0 unspecified atom stereocenters. The fourth-order valence-electron chi connectivity index (χ4n) is 3.06. The topological polar surface area (TPSA) is 60.2 Å². The van der Waals surface area contributed by atoms with Crippen molar-refractivity contribution < 1.29 is 9.53 Å². The van der Waals surface area contributed by atoms with Gasteiger partial charge in [-0.1, -0.05) is 23.4 Å². The average molecular weight is 459 g/mol. The molecular formula is C23H27ClN4O2S. The van der Waals surface area contributed by atoms with E-state index in [-0.39, 0.29) is 11.8 Å². The van der Waals surface area contributed by atoms with Crippen LogP contribution in [0.2, 0.25) is 5.02 Å². The van der Waals surface area contributed by atoms with Gasteiger partial charge in [0.15, 0.2) is 16.8 Å². The van der Waals surface area contributed by atoms with E-state index in [0.717, 1.165) is 28.0 Å². The molecule has 3 rings (SSSR count). The molecular weight excluding hydrogens is 432 g/mol. The SMILES string of the molecule is CCOc1ccc(C(C)=O)cc1CSc1nnc([C@H](C)N(C)C)n1-c1ccc(Cl)cc1. The minimum absolute atomic E-state index is 0.0284. The van der Waals surface area contributed by atoms with Crippen LogP contribution in [0.1, 0.15) is 48.6 Å². The van der Waals surface area contributed by atoms with Crippen molar-refractivity contribution in [3.05, 3.63) is 64.4 Å². The number of hydrogen-bond acceptors (Lipinski definition) is 6. The van der Waals surface area contributed by atoms with Crippen LogP contribution in [0.4, 0.5) is 0 Å². The van der Waals surface area contributed by atoms with Crippen molar-refractivity contribution in [1.29, 1.82) is 0 Å². The molecule has 0 amide bonds. The quantitative estimate of drug-likeness (QED) is 0.314. The number of halogens is 1. The minimum atomic E-state index is 0.0284. The standard InChI is InChI=1S/C23H27ClN4O2S/c1-6-30-21-12-7-17(16(3)29)13-18(21)14-31-23-26-25-22(15(2)27(4)5)28(23)20-10-8-19(24)9-11-20/h7-13,15H,6,14H2,1-5H3/t15-/m0/s1. The van der Waals surface area contributed by atoms with E-state index in [0.29, 0.717) is 22.9 Å². The predicted molar refractivity (Wildman–Crippen MR) is 126 cm³/mol. The maximum atomic E-state index is 11.9. The van der Waals surface area contributed by atoms with Gasteiger partial charge in [-0.05, 0) is 77.3 Å². The molecule has 0 aliphatic heterocycles. The summed E-state index contributed by atoms with van der Waals surface area (Å²) in [5.74, 6) is 2.25. The highest BCUT2D eigenvalue weighted by Gasteiger charge is 2.21. The van der Waals surface area contributed by atoms with Crippen LogP contribution in [0, 0.1) is 0 Å². The number of ether oxygens (including phenoxy) is 1. The molecule has 0 spiro atoms. The van der Waals surface area contributed by atoms with E-state index in [1.165, 1.54) is 0 Å². The molecule has 0 saturated heterocycles. The van der Waals surface area contributed by atoms with Crippen LogP contribution >= 0.6 is 23.4 Å². The Labute approximate surface area is 192 Å². The zero-order chi connectivity index (χ0) is 22.5. The number of nitrogens with zero attached hydrogens (tertiary/aromatic N) is 4. The minimum Gasteiger partial charge on any atom is -0.494 e. The van der Waals surface area contributed by atoms with E-state index in [9.17, 15) is 4.79 Å². The third-order valence-corrected chi connectivity index (χ3v) is 6.24. The lowest BCUT2D eigenvalue weighted by molar-refractivity contribution is 0.101. The van der Waals surface area contributed by atoms with Crippen LogP contribution < -0.4 is 4.74 Å². The van der Waals surface area contributed by atoms with Crippen molar-refractivity contribution in [1.82, 2.24) is 19.7 Å². The number of ketones is 1. The Hall–Kier alpha value is -2.35. The maximum Gasteiger partial charge on any atom is 0.196 e. The van der Waals surface area contributed by atoms with Crippen molar-refractivity contribution >= 4 is 29.1 Å². The Morgan fingerprint density at radius 1 is 1.19 bits per heavy atom. The number of carbonyl (C=O) groups is 1. The van der Waals surface area contributed by atoms with E-state index >= 15 is 0 Å². The number of Topliss-reactive ketones (excluding diaryl/α,β-unsaturated/α-hetero) is 1. The van der Waals surface area contributed by atoms with Gasteiger partial charge in [0.25, 0.3) is 0 Å². The van der Waals surface area contributed by atoms with Crippen molar-refractivity contribution in [3.63, 3.8) is 0 Å². The largest absolute Gasteiger partial charge is 0.494 e. The first-order chi connectivity index (χ1) is 14.8. The zero-order valence-corrected chi connectivity index (χ0v) is 20.0. The summed E-state index contributed by atoms with van der Waals surface area (Å²) >= 11 is 7.66. The Kier molecular flexibility index (Phi) is 7.75. The number of aromatic nitrogens is 3. The van der Waals surface area contributed by atoms with Crippen LogP contribution in [0.25, 0.3) is 5.69 Å². The highest BCUT2D eigenvalue weighted by molar-refractivity contribution is 7.98. The van der Waals surface area contributed by atoms with E-state index in [2.05, 4.69) is 26.6 Å². The summed E-state index contributed by atoms with van der Waals surface area (Å²) in [6, 6.07) is 13.3. The number of thioether (sulfide) groups is 1. The molecule has 8 heteroatoms. The molecule has 0 saturated carbocycles. The van der Waals surface area contributed by atoms with Gasteiger partial charge in [0.05, 0.1) is 12.6 Å². The average Bonchev–Trinajstić information content (AvgIpc) is 3.16. The van der Waals surface area contributed by atoms with Crippen LogP contribution in [0.3, 0.4) is 0 Å². The number of rotatable bonds is 9. The van der Waals surface area contributed by atoms with Gasteiger partial charge in [-0.15, -0.1) is 10.2 Å². The van der Waals surface area contributed by atoms with Crippen LogP contribution in [0.5, 0.6) is 5.75 Å². The summed E-state index contributed by atoms with van der Waals surface area (Å²) in [5, 5.41) is 10.4. The molecule has 6 nitrogen and oxygen atoms in total. The second-order valence-corrected chi connectivity index (χ2v) is 8.77. The molecule has 0 radical (unpaired) electrons. The van der Waals surface area contributed by atoms with Gasteiger partial charge in [-0.2, -0.15) is 0 Å². The molecule has 0 aliphatic rings. The molecule has 0 bridgehead atoms. The molecule has 1 atom stereocenters. The van der Waals surface area contributed by atoms with Crippen LogP contribution in [-0.4, -0.2) is 46.1 Å². The van der Waals surface area contributed by atoms with Crippen LogP contribution in [-0.2, 0) is 5.75 Å². The Balaban J connectivity index is 1.98. The van der Waals surface area contributed by atoms with Gasteiger partial charge in [0, 0.05) is 27.6 Å². The summed E-state index contributed by atoms with van der Waals surface area (Å²) in [6.45, 7) is 6.16. The van der Waals surface area contributed by atoms with Crippen LogP contribution in [0.15, 0.2) is 47.6 Å². The summed E-state index contributed by atoms with van der Waals surface area (Å²) < 4.78 is 7.83. The maximum absolute atomic E-state index is 11.9. The van der Waals surface area contributed by atoms with E-state index in [4.69, 9.17) is 16.3 Å². The predicted octanol–water partition coefficient (Wildman–Crippen LogP) is 5.44. The normalized spacial score (nSPS) is 12.2. The third kappa shape index (κ3) is 5.47. The first kappa shape index (κ1) is 23.3. The number of benzene rings is 2. The van der Waals surface area contributed by atoms with Crippen molar-refractivity contribution in [3.8, 4) is 11.4 Å². The zero-order valence-electron chi connectivity index (χ0n) is 18.4. The van der Waals surface area contributed by atoms with Crippen molar-refractivity contribution in [2.45, 2.75) is 37.7 Å². The Bertz CT molecular complexity index is 1050. The molecule has 164 valence electrons. The molecule has 1 heterocycles. The van der Waals surface area contributed by atoms with Gasteiger partial charge in [-0.3, -0.25) is 14.3 Å². The molecule has 31 heavy (non-hydrogen) atoms. The highest BCUT2D eigenvalue weighted by atomic mass is 35.5. The van der Waals surface area contributed by atoms with Gasteiger partial charge >= 0.3 is 0 Å². The van der Waals surface area contributed by atoms with E-state index < -0.39 is 0 Å². The Morgan fingerprint density at radius 3 is 2.52 bits per heavy atom. The second-order valence-electron chi connectivity index (χ2n) is 7.39. The molecule has 1 aromatic heterocycles. The summed E-state index contributed by atoms with van der Waals surface area (Å²) in [5.41, 5.74) is 2.57. The third-order valence-electron chi connectivity index (χ3n) is 5.02. The Morgan fingerprint density at radius 2 is 1.90 bits per heavy atom. The summed E-state index contributed by atoms with van der Waals surface area (Å²) in [4.78, 5) is 14.0. The second kappa shape index (κ2) is 10.3. The van der Waals surface area contributed by atoms with E-state index in [1.807, 2.05) is 57.4 Å². The molecule has 2 aromatic carbocycles. The number of carbonyl (C=O) groups excluding carboxylic acids is 1. The molecule has 0 aliphatic carbocycles. The van der Waals surface area contributed by atoms with Gasteiger partial charge < -0.3 is 4.74 Å². The van der Waals surface area contributed by atoms with Gasteiger partial charge in [0.2, 0.25) is 0 Å². The highest BCUT2D eigenvalue weighted by Crippen LogP contribution is 2.32. The molecule has 0 N–H and O–H groups in total. The van der Waals surface area contributed by atoms with Crippen molar-refractivity contribution in [2.24, 2.45) is 0 Å². The fourth-order valence-corrected chi connectivity index (χ4v) is 4.12. The lowest BCUT2D eigenvalue weighted by Gasteiger charge is -2.20. The van der Waals surface area contributed by atoms with E-state index in [1.54, 1.807) is 24.8 Å². The van der Waals surface area contributed by atoms with Crippen molar-refractivity contribution in [2.75, 3.05) is 20.7 Å². The summed E-state index contributed by atoms with van der Waals surface area (Å²) in [6.07, 6.45) is 0. The fraction of sp³-hybridized carbons (Fsp3) is 0.348. The summed E-state index contributed by atoms with van der Waals surface area (Å²) in [7, 11) is 4.03.